The molecule has 1 atom stereocenters. The minimum atomic E-state index is -3.68. The van der Waals surface area contributed by atoms with Crippen LogP contribution in [0, 0.1) is 6.92 Å². The van der Waals surface area contributed by atoms with Gasteiger partial charge in [0.1, 0.15) is 5.75 Å². The molecule has 1 heterocycles. The van der Waals surface area contributed by atoms with Crippen LogP contribution in [0.4, 0.5) is 21.9 Å². The fourth-order valence-electron chi connectivity index (χ4n) is 3.82. The van der Waals surface area contributed by atoms with E-state index < -0.39 is 34.5 Å². The maximum absolute atomic E-state index is 13.0. The number of carboxylic acids is 1. The maximum Gasteiger partial charge on any atom is 0.323 e. The molecule has 1 unspecified atom stereocenters. The number of aliphatic carboxylic acids is 1. The summed E-state index contributed by atoms with van der Waals surface area (Å²) in [4.78, 5) is 42.2. The van der Waals surface area contributed by atoms with Crippen molar-refractivity contribution in [3.63, 3.8) is 0 Å². The zero-order valence-electron chi connectivity index (χ0n) is 22.5. The molecule has 3 amide bonds. The molecule has 12 nitrogen and oxygen atoms in total. The molecule has 0 radical (unpaired) electrons. The Bertz CT molecular complexity index is 1490. The lowest BCUT2D eigenvalue weighted by Gasteiger charge is -2.20. The summed E-state index contributed by atoms with van der Waals surface area (Å²) >= 11 is 0. The second kappa shape index (κ2) is 13.0. The number of methoxy groups -OCH3 is 1. The quantitative estimate of drug-likeness (QED) is 0.273. The number of para-hydroxylation sites is 1. The number of benzene rings is 2. The summed E-state index contributed by atoms with van der Waals surface area (Å²) in [6.45, 7) is 1.88. The number of nitrogens with zero attached hydrogens (tertiary/aromatic N) is 2. The fourth-order valence-corrected chi connectivity index (χ4v) is 4.54. The van der Waals surface area contributed by atoms with Gasteiger partial charge in [0, 0.05) is 12.7 Å². The van der Waals surface area contributed by atoms with Crippen molar-refractivity contribution in [3.05, 3.63) is 77.6 Å². The number of aryl methyl sites for hydroxylation is 1. The number of sulfonamides is 1. The Balaban J connectivity index is 1.67. The van der Waals surface area contributed by atoms with Crippen LogP contribution >= 0.6 is 0 Å². The number of amides is 3. The summed E-state index contributed by atoms with van der Waals surface area (Å²) in [6, 6.07) is 13.9. The summed E-state index contributed by atoms with van der Waals surface area (Å²) < 4.78 is 30.9. The number of rotatable bonds is 11. The van der Waals surface area contributed by atoms with Gasteiger partial charge in [-0.2, -0.15) is 0 Å². The number of anilines is 3. The van der Waals surface area contributed by atoms with E-state index in [1.165, 1.54) is 24.3 Å². The number of aromatic nitrogens is 1. The number of hydrogen-bond acceptors (Lipinski definition) is 7. The van der Waals surface area contributed by atoms with Crippen LogP contribution in [0.15, 0.2) is 60.8 Å². The molecular formula is C27H31N5O7S. The predicted molar refractivity (Wildman–Crippen MR) is 151 cm³/mol. The number of hydrogen-bond donors (Lipinski definition) is 4. The highest BCUT2D eigenvalue weighted by Gasteiger charge is 2.22. The Kier molecular flexibility index (Phi) is 9.80. The Morgan fingerprint density at radius 2 is 1.75 bits per heavy atom. The molecule has 3 rings (SSSR count). The molecule has 0 aliphatic rings. The summed E-state index contributed by atoms with van der Waals surface area (Å²) in [5.41, 5.74) is 3.30. The zero-order valence-corrected chi connectivity index (χ0v) is 23.3. The van der Waals surface area contributed by atoms with E-state index >= 15 is 0 Å². The first-order valence-electron chi connectivity index (χ1n) is 12.1. The number of urea groups is 1. The van der Waals surface area contributed by atoms with E-state index in [4.69, 9.17) is 9.84 Å². The van der Waals surface area contributed by atoms with Crippen molar-refractivity contribution in [2.45, 2.75) is 25.8 Å². The van der Waals surface area contributed by atoms with Gasteiger partial charge in [0.15, 0.2) is 0 Å². The number of pyridine rings is 1. The molecule has 212 valence electrons. The number of carboxylic acid groups (broad SMARTS) is 1. The predicted octanol–water partition coefficient (Wildman–Crippen LogP) is 3.31. The second-order valence-electron chi connectivity index (χ2n) is 9.04. The average molecular weight is 570 g/mol. The van der Waals surface area contributed by atoms with Gasteiger partial charge in [-0.1, -0.05) is 24.3 Å². The van der Waals surface area contributed by atoms with Gasteiger partial charge in [0.25, 0.3) is 0 Å². The van der Waals surface area contributed by atoms with Gasteiger partial charge >= 0.3 is 12.0 Å². The lowest BCUT2D eigenvalue weighted by molar-refractivity contribution is -0.137. The number of carbonyl (C=O) groups excluding carboxylic acids is 2. The molecule has 4 N–H and O–H groups in total. The third kappa shape index (κ3) is 8.51. The average Bonchev–Trinajstić information content (AvgIpc) is 2.89. The summed E-state index contributed by atoms with van der Waals surface area (Å²) in [5, 5.41) is 14.7. The number of ether oxygens (including phenoxy) is 1. The van der Waals surface area contributed by atoms with Crippen molar-refractivity contribution in [2.75, 3.05) is 35.9 Å². The van der Waals surface area contributed by atoms with Crippen molar-refractivity contribution in [2.24, 2.45) is 0 Å². The second-order valence-corrected chi connectivity index (χ2v) is 10.8. The highest BCUT2D eigenvalue weighted by molar-refractivity contribution is 7.88. The molecule has 2 aromatic carbocycles. The van der Waals surface area contributed by atoms with Crippen molar-refractivity contribution < 1.29 is 32.6 Å². The molecule has 0 fully saturated rings. The van der Waals surface area contributed by atoms with Crippen LogP contribution in [0.25, 0.3) is 0 Å². The molecule has 40 heavy (non-hydrogen) atoms. The van der Waals surface area contributed by atoms with E-state index in [-0.39, 0.29) is 18.0 Å². The first-order chi connectivity index (χ1) is 18.9. The number of carbonyl (C=O) groups is 3. The monoisotopic (exact) mass is 569 g/mol. The van der Waals surface area contributed by atoms with Crippen LogP contribution in [0.5, 0.6) is 5.75 Å². The van der Waals surface area contributed by atoms with Gasteiger partial charge in [-0.3, -0.25) is 14.6 Å². The molecule has 0 aliphatic carbocycles. The highest BCUT2D eigenvalue weighted by atomic mass is 32.2. The van der Waals surface area contributed by atoms with Crippen LogP contribution in [0.1, 0.15) is 29.3 Å². The van der Waals surface area contributed by atoms with Gasteiger partial charge in [0.2, 0.25) is 15.9 Å². The van der Waals surface area contributed by atoms with Crippen LogP contribution in [-0.4, -0.2) is 56.8 Å². The third-order valence-corrected chi connectivity index (χ3v) is 6.60. The van der Waals surface area contributed by atoms with Gasteiger partial charge in [-0.05, 0) is 48.4 Å². The molecular weight excluding hydrogens is 538 g/mol. The minimum absolute atomic E-state index is 0.0154. The SMILES string of the molecule is COc1cc(CC(=O)N(C)c2ccc(C(CC(=O)O)NS(C)(=O)=O)nc2)ccc1NC(=O)Nc1ccccc1C. The molecule has 0 saturated carbocycles. The van der Waals surface area contributed by atoms with Crippen molar-refractivity contribution in [1.82, 2.24) is 9.71 Å². The van der Waals surface area contributed by atoms with Crippen LogP contribution in [0.2, 0.25) is 0 Å². The van der Waals surface area contributed by atoms with E-state index in [1.807, 2.05) is 25.1 Å². The van der Waals surface area contributed by atoms with Crippen LogP contribution in [0.3, 0.4) is 0 Å². The smallest absolute Gasteiger partial charge is 0.323 e. The Labute approximate surface area is 232 Å². The summed E-state index contributed by atoms with van der Waals surface area (Å²) in [5.74, 6) is -1.09. The first kappa shape index (κ1) is 30.1. The largest absolute Gasteiger partial charge is 0.495 e. The van der Waals surface area contributed by atoms with Gasteiger partial charge < -0.3 is 25.4 Å². The van der Waals surface area contributed by atoms with Crippen LogP contribution in [-0.2, 0) is 26.0 Å². The Hall–Kier alpha value is -4.49. The van der Waals surface area contributed by atoms with E-state index in [0.717, 1.165) is 11.8 Å². The molecule has 0 bridgehead atoms. The van der Waals surface area contributed by atoms with E-state index in [9.17, 15) is 22.8 Å². The fraction of sp³-hybridized carbons (Fsp3) is 0.259. The molecule has 0 saturated heterocycles. The minimum Gasteiger partial charge on any atom is -0.495 e. The van der Waals surface area contributed by atoms with Gasteiger partial charge in [-0.15, -0.1) is 0 Å². The Morgan fingerprint density at radius 3 is 2.35 bits per heavy atom. The lowest BCUT2D eigenvalue weighted by Crippen LogP contribution is -2.30. The van der Waals surface area contributed by atoms with Crippen molar-refractivity contribution >= 4 is 45.0 Å². The van der Waals surface area contributed by atoms with Gasteiger partial charge in [-0.25, -0.2) is 17.9 Å². The number of likely N-dealkylation sites (N-methyl/N-ethyl adjacent to an activating group) is 1. The molecule has 0 aliphatic heterocycles. The van der Waals surface area contributed by atoms with Crippen LogP contribution < -0.4 is 25.0 Å². The maximum atomic E-state index is 13.0. The molecule has 0 spiro atoms. The molecule has 1 aromatic heterocycles. The standard InChI is InChI=1S/C27H31N5O7S/c1-17-7-5-6-8-20(17)29-27(36)30-22-11-9-18(13-24(22)39-3)14-25(33)32(2)19-10-12-21(28-16-19)23(15-26(34)35)31-40(4,37)38/h5-13,16,23,31H,14-15H2,1-4H3,(H,34,35)(H2,29,30,36). The van der Waals surface area contributed by atoms with E-state index in [2.05, 4.69) is 20.3 Å². The third-order valence-electron chi connectivity index (χ3n) is 5.89. The Morgan fingerprint density at radius 1 is 1.05 bits per heavy atom. The number of nitrogens with one attached hydrogen (secondary N) is 3. The normalized spacial score (nSPS) is 11.8. The summed E-state index contributed by atoms with van der Waals surface area (Å²) in [7, 11) is -0.658. The molecule has 3 aromatic rings. The highest BCUT2D eigenvalue weighted by Crippen LogP contribution is 2.27. The zero-order chi connectivity index (χ0) is 29.4. The van der Waals surface area contributed by atoms with E-state index in [0.29, 0.717) is 28.4 Å². The lowest BCUT2D eigenvalue weighted by atomic mass is 10.1. The first-order valence-corrected chi connectivity index (χ1v) is 14.0. The topological polar surface area (TPSA) is 167 Å². The summed E-state index contributed by atoms with van der Waals surface area (Å²) in [6.07, 6.45) is 1.82. The van der Waals surface area contributed by atoms with E-state index in [1.54, 1.807) is 37.4 Å². The van der Waals surface area contributed by atoms with Crippen molar-refractivity contribution in [1.29, 1.82) is 0 Å². The molecule has 13 heteroatoms. The van der Waals surface area contributed by atoms with Gasteiger partial charge in [0.05, 0.1) is 55.5 Å². The van der Waals surface area contributed by atoms with Crippen molar-refractivity contribution in [3.8, 4) is 5.75 Å².